The van der Waals surface area contributed by atoms with Gasteiger partial charge in [-0.3, -0.25) is 4.79 Å². The molecule has 158 valence electrons. The van der Waals surface area contributed by atoms with E-state index in [9.17, 15) is 14.4 Å². The average molecular weight is 422 g/mol. The average Bonchev–Trinajstić information content (AvgIpc) is 2.65. The highest BCUT2D eigenvalue weighted by molar-refractivity contribution is 6.20. The van der Waals surface area contributed by atoms with E-state index >= 15 is 0 Å². The Balaban J connectivity index is 2.32. The number of nitrogens with zero attached hydrogens (tertiary/aromatic N) is 1. The molecule has 2 N–H and O–H groups in total. The standard InChI is InChI=1S/C21H28ClN3O4/c1-12(2)29-18(26)16-13(3)25(6)20(28)24-17(16)14-7-9-15(10-8-14)23-19(27)21(4,5)11-22/h7-10,12,17H,11H2,1-6H3,(H,23,27)(H,24,28)/t17-/m0/s1. The second kappa shape index (κ2) is 8.86. The first kappa shape index (κ1) is 22.7. The van der Waals surface area contributed by atoms with Crippen molar-refractivity contribution in [2.24, 2.45) is 5.41 Å². The molecule has 0 aliphatic carbocycles. The van der Waals surface area contributed by atoms with Crippen LogP contribution in [0.25, 0.3) is 0 Å². The second-order valence-corrected chi connectivity index (χ2v) is 8.26. The number of benzene rings is 1. The molecule has 1 aromatic carbocycles. The topological polar surface area (TPSA) is 87.7 Å². The Morgan fingerprint density at radius 3 is 2.38 bits per heavy atom. The van der Waals surface area contributed by atoms with Crippen LogP contribution < -0.4 is 10.6 Å². The summed E-state index contributed by atoms with van der Waals surface area (Å²) < 4.78 is 5.38. The molecular formula is C21H28ClN3O4. The number of carbonyl (C=O) groups is 3. The van der Waals surface area contributed by atoms with Gasteiger partial charge in [0.05, 0.1) is 23.1 Å². The molecule has 8 heteroatoms. The van der Waals surface area contributed by atoms with Crippen LogP contribution in [0.5, 0.6) is 0 Å². The van der Waals surface area contributed by atoms with Gasteiger partial charge in [0.25, 0.3) is 0 Å². The number of alkyl halides is 1. The van der Waals surface area contributed by atoms with Crippen molar-refractivity contribution in [1.82, 2.24) is 10.2 Å². The maximum atomic E-state index is 12.7. The minimum atomic E-state index is -0.699. The van der Waals surface area contributed by atoms with Gasteiger partial charge >= 0.3 is 12.0 Å². The van der Waals surface area contributed by atoms with Gasteiger partial charge in [-0.05, 0) is 52.3 Å². The molecule has 1 atom stereocenters. The molecule has 1 aliphatic heterocycles. The highest BCUT2D eigenvalue weighted by Crippen LogP contribution is 2.31. The number of esters is 1. The zero-order valence-electron chi connectivity index (χ0n) is 17.6. The Hall–Kier alpha value is -2.54. The van der Waals surface area contributed by atoms with E-state index < -0.39 is 17.4 Å². The number of urea groups is 1. The van der Waals surface area contributed by atoms with E-state index in [1.807, 2.05) is 0 Å². The lowest BCUT2D eigenvalue weighted by molar-refractivity contribution is -0.143. The third-order valence-corrected chi connectivity index (χ3v) is 5.44. The lowest BCUT2D eigenvalue weighted by Gasteiger charge is -2.33. The molecule has 1 heterocycles. The third-order valence-electron chi connectivity index (χ3n) is 4.77. The van der Waals surface area contributed by atoms with Crippen LogP contribution >= 0.6 is 11.6 Å². The summed E-state index contributed by atoms with van der Waals surface area (Å²) in [5, 5.41) is 5.66. The molecule has 0 fully saturated rings. The first-order chi connectivity index (χ1) is 13.5. The van der Waals surface area contributed by atoms with Gasteiger partial charge in [-0.25, -0.2) is 9.59 Å². The van der Waals surface area contributed by atoms with Gasteiger partial charge in [-0.15, -0.1) is 11.6 Å². The molecule has 2 rings (SSSR count). The van der Waals surface area contributed by atoms with Crippen LogP contribution in [0.1, 0.15) is 46.2 Å². The van der Waals surface area contributed by atoms with Crippen LogP contribution in [-0.2, 0) is 14.3 Å². The lowest BCUT2D eigenvalue weighted by atomic mass is 9.94. The second-order valence-electron chi connectivity index (χ2n) is 7.99. The van der Waals surface area contributed by atoms with E-state index in [1.165, 1.54) is 4.90 Å². The van der Waals surface area contributed by atoms with Crippen LogP contribution in [0.4, 0.5) is 10.5 Å². The summed E-state index contributed by atoms with van der Waals surface area (Å²) in [7, 11) is 1.60. The quantitative estimate of drug-likeness (QED) is 0.540. The normalized spacial score (nSPS) is 17.3. The molecule has 1 aromatic rings. The number of carbonyl (C=O) groups excluding carboxylic acids is 3. The van der Waals surface area contributed by atoms with E-state index in [-0.39, 0.29) is 23.9 Å². The highest BCUT2D eigenvalue weighted by Gasteiger charge is 2.35. The minimum absolute atomic E-state index is 0.190. The first-order valence-corrected chi connectivity index (χ1v) is 9.94. The van der Waals surface area contributed by atoms with E-state index in [1.54, 1.807) is 65.9 Å². The zero-order valence-corrected chi connectivity index (χ0v) is 18.4. The molecule has 3 amide bonds. The number of ether oxygens (including phenoxy) is 1. The number of hydrogen-bond acceptors (Lipinski definition) is 4. The molecule has 0 unspecified atom stereocenters. The monoisotopic (exact) mass is 421 g/mol. The minimum Gasteiger partial charge on any atom is -0.459 e. The van der Waals surface area contributed by atoms with Gasteiger partial charge < -0.3 is 20.3 Å². The summed E-state index contributed by atoms with van der Waals surface area (Å²) in [5.74, 6) is -0.468. The summed E-state index contributed by atoms with van der Waals surface area (Å²) in [6, 6.07) is 6.01. The van der Waals surface area contributed by atoms with Crippen molar-refractivity contribution in [3.8, 4) is 0 Å². The summed E-state index contributed by atoms with van der Waals surface area (Å²) >= 11 is 5.85. The molecule has 29 heavy (non-hydrogen) atoms. The van der Waals surface area contributed by atoms with Gasteiger partial charge in [-0.2, -0.15) is 0 Å². The summed E-state index contributed by atoms with van der Waals surface area (Å²) in [6.07, 6.45) is -0.283. The number of anilines is 1. The smallest absolute Gasteiger partial charge is 0.338 e. The van der Waals surface area contributed by atoms with Crippen molar-refractivity contribution in [3.63, 3.8) is 0 Å². The van der Waals surface area contributed by atoms with E-state index in [2.05, 4.69) is 10.6 Å². The van der Waals surface area contributed by atoms with Crippen molar-refractivity contribution < 1.29 is 19.1 Å². The summed E-state index contributed by atoms with van der Waals surface area (Å²) in [4.78, 5) is 38.7. The van der Waals surface area contributed by atoms with E-state index in [0.717, 1.165) is 0 Å². The molecule has 1 aliphatic rings. The fourth-order valence-corrected chi connectivity index (χ4v) is 2.87. The number of rotatable bonds is 6. The van der Waals surface area contributed by atoms with Gasteiger partial charge in [-0.1, -0.05) is 12.1 Å². The molecule has 0 radical (unpaired) electrons. The predicted octanol–water partition coefficient (Wildman–Crippen LogP) is 3.81. The molecular weight excluding hydrogens is 394 g/mol. The third kappa shape index (κ3) is 5.09. The zero-order chi connectivity index (χ0) is 21.9. The van der Waals surface area contributed by atoms with Crippen LogP contribution in [0.3, 0.4) is 0 Å². The number of amides is 3. The Morgan fingerprint density at radius 2 is 1.86 bits per heavy atom. The van der Waals surface area contributed by atoms with Gasteiger partial charge in [0.15, 0.2) is 0 Å². The van der Waals surface area contributed by atoms with Gasteiger partial charge in [0.1, 0.15) is 0 Å². The molecule has 0 bridgehead atoms. The summed E-state index contributed by atoms with van der Waals surface area (Å²) in [6.45, 7) is 8.78. The lowest BCUT2D eigenvalue weighted by Crippen LogP contribution is -2.46. The SMILES string of the molecule is CC1=C(C(=O)OC(C)C)[C@H](c2ccc(NC(=O)C(C)(C)CCl)cc2)NC(=O)N1C. The van der Waals surface area contributed by atoms with Crippen LogP contribution in [0.15, 0.2) is 35.5 Å². The molecule has 0 aromatic heterocycles. The van der Waals surface area contributed by atoms with Crippen LogP contribution in [0, 0.1) is 5.41 Å². The van der Waals surface area contributed by atoms with Crippen molar-refractivity contribution in [3.05, 3.63) is 41.1 Å². The number of halogens is 1. The molecule has 7 nitrogen and oxygen atoms in total. The van der Waals surface area contributed by atoms with E-state index in [4.69, 9.17) is 16.3 Å². The van der Waals surface area contributed by atoms with Crippen LogP contribution in [0.2, 0.25) is 0 Å². The largest absolute Gasteiger partial charge is 0.459 e. The predicted molar refractivity (Wildman–Crippen MR) is 113 cm³/mol. The van der Waals surface area contributed by atoms with Crippen molar-refractivity contribution >= 4 is 35.2 Å². The highest BCUT2D eigenvalue weighted by atomic mass is 35.5. The Labute approximate surface area is 176 Å². The van der Waals surface area contributed by atoms with Gasteiger partial charge in [0, 0.05) is 24.3 Å². The summed E-state index contributed by atoms with van der Waals surface area (Å²) in [5.41, 5.74) is 1.52. The Morgan fingerprint density at radius 1 is 1.28 bits per heavy atom. The van der Waals surface area contributed by atoms with Crippen molar-refractivity contribution in [2.45, 2.75) is 46.8 Å². The number of allylic oxidation sites excluding steroid dienone is 1. The number of hydrogen-bond donors (Lipinski definition) is 2. The van der Waals surface area contributed by atoms with Crippen LogP contribution in [-0.4, -0.2) is 41.8 Å². The fraction of sp³-hybridized carbons (Fsp3) is 0.476. The molecule has 0 saturated heterocycles. The fourth-order valence-electron chi connectivity index (χ4n) is 2.75. The molecule has 0 saturated carbocycles. The first-order valence-electron chi connectivity index (χ1n) is 9.41. The van der Waals surface area contributed by atoms with E-state index in [0.29, 0.717) is 22.5 Å². The Kier molecular flexibility index (Phi) is 6.95. The van der Waals surface area contributed by atoms with Crippen molar-refractivity contribution in [2.75, 3.05) is 18.2 Å². The van der Waals surface area contributed by atoms with Crippen molar-refractivity contribution in [1.29, 1.82) is 0 Å². The number of nitrogens with one attached hydrogen (secondary N) is 2. The maximum absolute atomic E-state index is 12.7. The Bertz CT molecular complexity index is 831. The van der Waals surface area contributed by atoms with Gasteiger partial charge in [0.2, 0.25) is 5.91 Å². The molecule has 0 spiro atoms. The maximum Gasteiger partial charge on any atom is 0.338 e.